The van der Waals surface area contributed by atoms with Crippen LogP contribution in [0.25, 0.3) is 0 Å². The number of rotatable bonds is 5. The molecule has 2 atom stereocenters. The van der Waals surface area contributed by atoms with Crippen molar-refractivity contribution in [2.24, 2.45) is 11.3 Å². The number of urea groups is 1. The molecule has 0 saturated carbocycles. The van der Waals surface area contributed by atoms with Crippen LogP contribution in [-0.2, 0) is 9.59 Å². The van der Waals surface area contributed by atoms with E-state index in [1.165, 1.54) is 10.5 Å². The Kier molecular flexibility index (Phi) is 7.02. The molecule has 0 unspecified atom stereocenters. The molecule has 3 fully saturated rings. The first-order valence-electron chi connectivity index (χ1n) is 13.1. The second-order valence-electron chi connectivity index (χ2n) is 12.3. The van der Waals surface area contributed by atoms with E-state index in [-0.39, 0.29) is 29.3 Å². The van der Waals surface area contributed by atoms with E-state index in [0.29, 0.717) is 31.1 Å². The summed E-state index contributed by atoms with van der Waals surface area (Å²) in [5.41, 5.74) is 0.556. The summed E-state index contributed by atoms with van der Waals surface area (Å²) in [6, 6.07) is 10.4. The first-order valence-corrected chi connectivity index (χ1v) is 13.1. The lowest BCUT2D eigenvalue weighted by Gasteiger charge is -2.44. The summed E-state index contributed by atoms with van der Waals surface area (Å²) in [4.78, 5) is 46.6. The molecule has 7 nitrogen and oxygen atoms in total. The fourth-order valence-electron chi connectivity index (χ4n) is 6.36. The van der Waals surface area contributed by atoms with E-state index in [2.05, 4.69) is 54.8 Å². The molecule has 0 radical (unpaired) electrons. The molecular weight excluding hydrogens is 440 g/mol. The topological polar surface area (TPSA) is 64.2 Å². The lowest BCUT2D eigenvalue weighted by Crippen LogP contribution is -2.58. The third-order valence-corrected chi connectivity index (χ3v) is 8.05. The van der Waals surface area contributed by atoms with Gasteiger partial charge in [-0.2, -0.15) is 0 Å². The summed E-state index contributed by atoms with van der Waals surface area (Å²) in [6.45, 7) is 14.3. The highest BCUT2D eigenvalue weighted by atomic mass is 16.2. The van der Waals surface area contributed by atoms with Crippen LogP contribution < -0.4 is 0 Å². The minimum Gasteiger partial charge on any atom is -0.342 e. The van der Waals surface area contributed by atoms with Crippen molar-refractivity contribution >= 4 is 17.8 Å². The number of carbonyl (C=O) groups excluding carboxylic acids is 3. The van der Waals surface area contributed by atoms with E-state index in [9.17, 15) is 14.4 Å². The molecule has 4 rings (SSSR count). The standard InChI is InChI=1S/C28H42N4O3/c1-20(2)32-26(35)29(6)25(34)28(32)12-14-30(15-13-28)17-22-18-31(24(33)16-27(3,4)5)19-23(22)21-10-8-7-9-11-21/h7-11,20,22-23H,12-19H2,1-6H3/t22-,23+/m0/s1. The smallest absolute Gasteiger partial charge is 0.327 e. The lowest BCUT2D eigenvalue weighted by atomic mass is 9.83. The number of imide groups is 1. The van der Waals surface area contributed by atoms with Gasteiger partial charge in [0.15, 0.2) is 0 Å². The molecule has 1 aromatic carbocycles. The highest BCUT2D eigenvalue weighted by molar-refractivity contribution is 6.07. The molecule has 3 aliphatic heterocycles. The van der Waals surface area contributed by atoms with Crippen LogP contribution in [0.2, 0.25) is 0 Å². The number of carbonyl (C=O) groups is 3. The Bertz CT molecular complexity index is 947. The molecule has 0 aliphatic carbocycles. The van der Waals surface area contributed by atoms with Crippen LogP contribution in [-0.4, -0.2) is 88.8 Å². The van der Waals surface area contributed by atoms with Crippen LogP contribution in [0.4, 0.5) is 4.79 Å². The van der Waals surface area contributed by atoms with Crippen LogP contribution in [0, 0.1) is 11.3 Å². The Morgan fingerprint density at radius 2 is 1.69 bits per heavy atom. The van der Waals surface area contributed by atoms with Gasteiger partial charge in [-0.25, -0.2) is 4.79 Å². The van der Waals surface area contributed by atoms with E-state index in [4.69, 9.17) is 0 Å². The summed E-state index contributed by atoms with van der Waals surface area (Å²) < 4.78 is 0. The zero-order chi connectivity index (χ0) is 25.5. The maximum atomic E-state index is 13.1. The second kappa shape index (κ2) is 9.57. The van der Waals surface area contributed by atoms with E-state index < -0.39 is 5.54 Å². The van der Waals surface area contributed by atoms with Crippen molar-refractivity contribution in [1.82, 2.24) is 19.6 Å². The van der Waals surface area contributed by atoms with Gasteiger partial charge in [-0.15, -0.1) is 0 Å². The molecule has 1 aromatic rings. The van der Waals surface area contributed by atoms with Crippen LogP contribution in [0.3, 0.4) is 0 Å². The largest absolute Gasteiger partial charge is 0.342 e. The van der Waals surface area contributed by atoms with Gasteiger partial charge >= 0.3 is 6.03 Å². The van der Waals surface area contributed by atoms with Gasteiger partial charge in [0.05, 0.1) is 0 Å². The summed E-state index contributed by atoms with van der Waals surface area (Å²) in [5, 5.41) is 0. The zero-order valence-corrected chi connectivity index (χ0v) is 22.3. The Morgan fingerprint density at radius 1 is 1.06 bits per heavy atom. The SMILES string of the molecule is CC(C)N1C(=O)N(C)C(=O)C12CCN(C[C@H]1CN(C(=O)CC(C)(C)C)C[C@@H]1c1ccccc1)CC2. The molecule has 4 amide bonds. The number of benzene rings is 1. The molecule has 0 bridgehead atoms. The van der Waals surface area contributed by atoms with Crippen molar-refractivity contribution in [3.05, 3.63) is 35.9 Å². The minimum absolute atomic E-state index is 0.0115. The number of amides is 4. The zero-order valence-electron chi connectivity index (χ0n) is 22.3. The molecule has 3 saturated heterocycles. The molecule has 3 heterocycles. The van der Waals surface area contributed by atoms with Crippen LogP contribution >= 0.6 is 0 Å². The van der Waals surface area contributed by atoms with Gasteiger partial charge in [0.2, 0.25) is 5.91 Å². The van der Waals surface area contributed by atoms with E-state index in [1.807, 2.05) is 24.8 Å². The Balaban J connectivity index is 1.47. The maximum Gasteiger partial charge on any atom is 0.327 e. The molecular formula is C28H42N4O3. The molecule has 1 spiro atoms. The first-order chi connectivity index (χ1) is 16.4. The summed E-state index contributed by atoms with van der Waals surface area (Å²) >= 11 is 0. The monoisotopic (exact) mass is 482 g/mol. The number of nitrogens with zero attached hydrogens (tertiary/aromatic N) is 4. The van der Waals surface area contributed by atoms with Gasteiger partial charge in [-0.1, -0.05) is 51.1 Å². The van der Waals surface area contributed by atoms with Crippen molar-refractivity contribution in [1.29, 1.82) is 0 Å². The molecule has 0 aromatic heterocycles. The fraction of sp³-hybridized carbons (Fsp3) is 0.679. The third kappa shape index (κ3) is 4.97. The highest BCUT2D eigenvalue weighted by Gasteiger charge is 2.57. The van der Waals surface area contributed by atoms with Crippen molar-refractivity contribution in [2.45, 2.75) is 71.4 Å². The lowest BCUT2D eigenvalue weighted by molar-refractivity contribution is -0.135. The normalized spacial score (nSPS) is 25.4. The van der Waals surface area contributed by atoms with Crippen LogP contribution in [0.1, 0.15) is 65.4 Å². The predicted molar refractivity (Wildman–Crippen MR) is 137 cm³/mol. The molecule has 7 heteroatoms. The minimum atomic E-state index is -0.709. The van der Waals surface area contributed by atoms with E-state index in [1.54, 1.807) is 7.05 Å². The van der Waals surface area contributed by atoms with Crippen molar-refractivity contribution in [3.8, 4) is 0 Å². The molecule has 35 heavy (non-hydrogen) atoms. The van der Waals surface area contributed by atoms with Gasteiger partial charge in [-0.3, -0.25) is 14.5 Å². The highest BCUT2D eigenvalue weighted by Crippen LogP contribution is 2.40. The van der Waals surface area contributed by atoms with E-state index >= 15 is 0 Å². The number of likely N-dealkylation sites (tertiary alicyclic amines) is 2. The van der Waals surface area contributed by atoms with Crippen molar-refractivity contribution < 1.29 is 14.4 Å². The quantitative estimate of drug-likeness (QED) is 0.599. The summed E-state index contributed by atoms with van der Waals surface area (Å²) in [6.07, 6.45) is 1.88. The summed E-state index contributed by atoms with van der Waals surface area (Å²) in [7, 11) is 1.60. The van der Waals surface area contributed by atoms with Crippen molar-refractivity contribution in [3.63, 3.8) is 0 Å². The Labute approximate surface area is 210 Å². The third-order valence-electron chi connectivity index (χ3n) is 8.05. The van der Waals surface area contributed by atoms with E-state index in [0.717, 1.165) is 32.7 Å². The number of piperidine rings is 1. The first kappa shape index (κ1) is 25.7. The maximum absolute atomic E-state index is 13.1. The van der Waals surface area contributed by atoms with Gasteiger partial charge in [0, 0.05) is 58.2 Å². The van der Waals surface area contributed by atoms with Crippen LogP contribution in [0.15, 0.2) is 30.3 Å². The van der Waals surface area contributed by atoms with Gasteiger partial charge in [0.25, 0.3) is 5.91 Å². The predicted octanol–water partition coefficient (Wildman–Crippen LogP) is 3.80. The Hall–Kier alpha value is -2.41. The number of hydrogen-bond donors (Lipinski definition) is 0. The molecule has 192 valence electrons. The van der Waals surface area contributed by atoms with Gasteiger partial charge in [-0.05, 0) is 43.6 Å². The number of hydrogen-bond acceptors (Lipinski definition) is 4. The van der Waals surface area contributed by atoms with Crippen molar-refractivity contribution in [2.75, 3.05) is 39.8 Å². The van der Waals surface area contributed by atoms with Gasteiger partial charge in [0.1, 0.15) is 5.54 Å². The average molecular weight is 483 g/mol. The fourth-order valence-corrected chi connectivity index (χ4v) is 6.36. The number of likely N-dealkylation sites (N-methyl/N-ethyl adjacent to an activating group) is 1. The molecule has 0 N–H and O–H groups in total. The Morgan fingerprint density at radius 3 is 2.26 bits per heavy atom. The average Bonchev–Trinajstić information content (AvgIpc) is 3.29. The van der Waals surface area contributed by atoms with Crippen LogP contribution in [0.5, 0.6) is 0 Å². The summed E-state index contributed by atoms with van der Waals surface area (Å²) in [5.74, 6) is 0.839. The van der Waals surface area contributed by atoms with Gasteiger partial charge < -0.3 is 14.7 Å². The molecule has 3 aliphatic rings. The second-order valence-corrected chi connectivity index (χ2v) is 12.3.